The van der Waals surface area contributed by atoms with Crippen LogP contribution in [0.15, 0.2) is 29.3 Å². The standard InChI is InChI=1S/C18H23N3O2/c1-14-8-7-9-15-17(14)19-13-21(18(15)23)12-16(22)20-10-5-3-2-4-6-11-20/h7-9,13H,2-6,10-12H2,1H3. The monoisotopic (exact) mass is 313 g/mol. The fraction of sp³-hybridized carbons (Fsp3) is 0.500. The number of rotatable bonds is 2. The van der Waals surface area contributed by atoms with Crippen LogP contribution in [-0.4, -0.2) is 33.4 Å². The maximum Gasteiger partial charge on any atom is 0.261 e. The van der Waals surface area contributed by atoms with Crippen molar-refractivity contribution in [1.82, 2.24) is 14.5 Å². The first-order valence-corrected chi connectivity index (χ1v) is 8.39. The molecule has 0 bridgehead atoms. The second-order valence-corrected chi connectivity index (χ2v) is 6.30. The van der Waals surface area contributed by atoms with E-state index in [1.54, 1.807) is 6.07 Å². The molecule has 5 nitrogen and oxygen atoms in total. The van der Waals surface area contributed by atoms with Crippen LogP contribution < -0.4 is 5.56 Å². The van der Waals surface area contributed by atoms with Gasteiger partial charge < -0.3 is 4.90 Å². The van der Waals surface area contributed by atoms with E-state index < -0.39 is 0 Å². The zero-order valence-electron chi connectivity index (χ0n) is 13.6. The van der Waals surface area contributed by atoms with Gasteiger partial charge in [-0.1, -0.05) is 31.4 Å². The van der Waals surface area contributed by atoms with Crippen LogP contribution >= 0.6 is 0 Å². The van der Waals surface area contributed by atoms with Crippen LogP contribution in [0.4, 0.5) is 0 Å². The quantitative estimate of drug-likeness (QED) is 0.856. The van der Waals surface area contributed by atoms with Gasteiger partial charge in [-0.2, -0.15) is 0 Å². The highest BCUT2D eigenvalue weighted by atomic mass is 16.2. The number of fused-ring (bicyclic) bond motifs is 1. The third-order valence-corrected chi connectivity index (χ3v) is 4.57. The number of likely N-dealkylation sites (tertiary alicyclic amines) is 1. The Kier molecular flexibility index (Phi) is 4.74. The highest BCUT2D eigenvalue weighted by Gasteiger charge is 2.16. The minimum atomic E-state index is -0.140. The lowest BCUT2D eigenvalue weighted by atomic mass is 10.1. The molecule has 0 spiro atoms. The Labute approximate surface area is 135 Å². The largest absolute Gasteiger partial charge is 0.341 e. The van der Waals surface area contributed by atoms with Crippen molar-refractivity contribution in [3.8, 4) is 0 Å². The summed E-state index contributed by atoms with van der Waals surface area (Å²) >= 11 is 0. The molecule has 0 saturated carbocycles. The van der Waals surface area contributed by atoms with E-state index >= 15 is 0 Å². The molecule has 1 aromatic heterocycles. The summed E-state index contributed by atoms with van der Waals surface area (Å²) in [6.07, 6.45) is 7.22. The highest BCUT2D eigenvalue weighted by Crippen LogP contribution is 2.13. The number of nitrogens with zero attached hydrogens (tertiary/aromatic N) is 3. The number of hydrogen-bond acceptors (Lipinski definition) is 3. The van der Waals surface area contributed by atoms with Gasteiger partial charge >= 0.3 is 0 Å². The smallest absolute Gasteiger partial charge is 0.261 e. The molecular weight excluding hydrogens is 290 g/mol. The Morgan fingerprint density at radius 1 is 1.13 bits per heavy atom. The lowest BCUT2D eigenvalue weighted by Gasteiger charge is -2.25. The number of carbonyl (C=O) groups excluding carboxylic acids is 1. The van der Waals surface area contributed by atoms with E-state index in [9.17, 15) is 9.59 Å². The fourth-order valence-electron chi connectivity index (χ4n) is 3.19. The van der Waals surface area contributed by atoms with Gasteiger partial charge in [0.05, 0.1) is 17.2 Å². The molecule has 2 aromatic rings. The van der Waals surface area contributed by atoms with Crippen molar-refractivity contribution in [1.29, 1.82) is 0 Å². The molecule has 1 amide bonds. The molecule has 5 heteroatoms. The first-order chi connectivity index (χ1) is 11.2. The molecule has 1 aliphatic rings. The third kappa shape index (κ3) is 3.44. The number of aryl methyl sites for hydroxylation is 1. The van der Waals surface area contributed by atoms with Crippen molar-refractivity contribution in [2.45, 2.75) is 45.6 Å². The topological polar surface area (TPSA) is 55.2 Å². The molecule has 0 atom stereocenters. The molecule has 0 radical (unpaired) electrons. The molecule has 0 N–H and O–H groups in total. The van der Waals surface area contributed by atoms with Gasteiger partial charge in [-0.25, -0.2) is 4.98 Å². The van der Waals surface area contributed by atoms with Gasteiger partial charge in [0.25, 0.3) is 5.56 Å². The van der Waals surface area contributed by atoms with Gasteiger partial charge in [-0.3, -0.25) is 14.2 Å². The lowest BCUT2D eigenvalue weighted by molar-refractivity contribution is -0.132. The highest BCUT2D eigenvalue weighted by molar-refractivity contribution is 5.81. The molecule has 0 aliphatic carbocycles. The van der Waals surface area contributed by atoms with Crippen LogP contribution in [0, 0.1) is 6.92 Å². The van der Waals surface area contributed by atoms with Crippen LogP contribution in [0.5, 0.6) is 0 Å². The van der Waals surface area contributed by atoms with E-state index in [1.165, 1.54) is 30.2 Å². The number of carbonyl (C=O) groups is 1. The summed E-state index contributed by atoms with van der Waals surface area (Å²) in [5.74, 6) is 0.0165. The Balaban J connectivity index is 1.82. The maximum absolute atomic E-state index is 12.6. The summed E-state index contributed by atoms with van der Waals surface area (Å²) in [5.41, 5.74) is 1.55. The summed E-state index contributed by atoms with van der Waals surface area (Å²) in [7, 11) is 0. The Morgan fingerprint density at radius 3 is 2.57 bits per heavy atom. The number of benzene rings is 1. The molecule has 122 valence electrons. The summed E-state index contributed by atoms with van der Waals surface area (Å²) in [6, 6.07) is 5.56. The van der Waals surface area contributed by atoms with Crippen LogP contribution in [0.3, 0.4) is 0 Å². The van der Waals surface area contributed by atoms with Gasteiger partial charge in [-0.15, -0.1) is 0 Å². The summed E-state index contributed by atoms with van der Waals surface area (Å²) < 4.78 is 1.43. The summed E-state index contributed by atoms with van der Waals surface area (Å²) in [4.78, 5) is 31.4. The van der Waals surface area contributed by atoms with Crippen molar-refractivity contribution >= 4 is 16.8 Å². The first-order valence-electron chi connectivity index (χ1n) is 8.39. The van der Waals surface area contributed by atoms with Crippen molar-refractivity contribution < 1.29 is 4.79 Å². The molecule has 2 heterocycles. The zero-order chi connectivity index (χ0) is 16.2. The number of para-hydroxylation sites is 1. The van der Waals surface area contributed by atoms with Gasteiger partial charge in [0.15, 0.2) is 0 Å². The average Bonchev–Trinajstić information content (AvgIpc) is 2.50. The summed E-state index contributed by atoms with van der Waals surface area (Å²) in [6.45, 7) is 3.61. The molecule has 3 rings (SSSR count). The van der Waals surface area contributed by atoms with E-state index in [-0.39, 0.29) is 18.0 Å². The number of hydrogen-bond donors (Lipinski definition) is 0. The second-order valence-electron chi connectivity index (χ2n) is 6.30. The van der Waals surface area contributed by atoms with E-state index in [4.69, 9.17) is 0 Å². The molecule has 23 heavy (non-hydrogen) atoms. The zero-order valence-corrected chi connectivity index (χ0v) is 13.6. The predicted molar refractivity (Wildman–Crippen MR) is 90.4 cm³/mol. The van der Waals surface area contributed by atoms with Crippen LogP contribution in [-0.2, 0) is 11.3 Å². The lowest BCUT2D eigenvalue weighted by Crippen LogP contribution is -2.38. The summed E-state index contributed by atoms with van der Waals surface area (Å²) in [5, 5.41) is 0.577. The van der Waals surface area contributed by atoms with Crippen LogP contribution in [0.2, 0.25) is 0 Å². The van der Waals surface area contributed by atoms with Crippen LogP contribution in [0.25, 0.3) is 10.9 Å². The SMILES string of the molecule is Cc1cccc2c(=O)n(CC(=O)N3CCCCCCC3)cnc12. The fourth-order valence-corrected chi connectivity index (χ4v) is 3.19. The Bertz CT molecular complexity index is 758. The third-order valence-electron chi connectivity index (χ3n) is 4.57. The maximum atomic E-state index is 12.6. The van der Waals surface area contributed by atoms with E-state index in [0.717, 1.165) is 31.5 Å². The molecule has 0 unspecified atom stereocenters. The number of aromatic nitrogens is 2. The minimum Gasteiger partial charge on any atom is -0.341 e. The minimum absolute atomic E-state index is 0.0165. The van der Waals surface area contributed by atoms with Gasteiger partial charge in [0.1, 0.15) is 6.54 Å². The van der Waals surface area contributed by atoms with Crippen molar-refractivity contribution in [2.24, 2.45) is 0 Å². The van der Waals surface area contributed by atoms with Gasteiger partial charge in [0, 0.05) is 13.1 Å². The predicted octanol–water partition coefficient (Wildman–Crippen LogP) is 2.50. The van der Waals surface area contributed by atoms with Crippen LogP contribution in [0.1, 0.15) is 37.7 Å². The van der Waals surface area contributed by atoms with Crippen molar-refractivity contribution in [3.05, 3.63) is 40.4 Å². The molecule has 1 aliphatic heterocycles. The van der Waals surface area contributed by atoms with E-state index in [1.807, 2.05) is 24.0 Å². The number of amides is 1. The van der Waals surface area contributed by atoms with E-state index in [0.29, 0.717) is 10.9 Å². The molecule has 1 aromatic carbocycles. The van der Waals surface area contributed by atoms with E-state index in [2.05, 4.69) is 4.98 Å². The molecule has 1 saturated heterocycles. The second kappa shape index (κ2) is 6.94. The molecule has 1 fully saturated rings. The normalized spacial score (nSPS) is 16.1. The van der Waals surface area contributed by atoms with Gasteiger partial charge in [0.2, 0.25) is 5.91 Å². The van der Waals surface area contributed by atoms with Crippen molar-refractivity contribution in [2.75, 3.05) is 13.1 Å². The van der Waals surface area contributed by atoms with Gasteiger partial charge in [-0.05, 0) is 31.4 Å². The Hall–Kier alpha value is -2.17. The molecular formula is C18H23N3O2. The average molecular weight is 313 g/mol. The van der Waals surface area contributed by atoms with Crippen molar-refractivity contribution in [3.63, 3.8) is 0 Å². The first kappa shape index (κ1) is 15.7. The Morgan fingerprint density at radius 2 is 1.83 bits per heavy atom.